The lowest BCUT2D eigenvalue weighted by Gasteiger charge is -2.29. The number of rotatable bonds is 2. The zero-order valence-electron chi connectivity index (χ0n) is 11.9. The van der Waals surface area contributed by atoms with Crippen LogP contribution < -0.4 is 5.73 Å². The second kappa shape index (κ2) is 5.39. The zero-order valence-corrected chi connectivity index (χ0v) is 11.9. The van der Waals surface area contributed by atoms with E-state index < -0.39 is 17.3 Å². The van der Waals surface area contributed by atoms with E-state index in [-0.39, 0.29) is 11.4 Å². The molecule has 1 saturated carbocycles. The van der Waals surface area contributed by atoms with Crippen LogP contribution in [0.5, 0.6) is 0 Å². The summed E-state index contributed by atoms with van der Waals surface area (Å²) in [5.74, 6) is 0.441. The molecule has 1 aliphatic carbocycles. The first kappa shape index (κ1) is 15.0. The average molecular weight is 311 g/mol. The van der Waals surface area contributed by atoms with Gasteiger partial charge >= 0.3 is 6.18 Å². The van der Waals surface area contributed by atoms with E-state index in [0.717, 1.165) is 44.2 Å². The lowest BCUT2D eigenvalue weighted by Crippen LogP contribution is -2.38. The summed E-state index contributed by atoms with van der Waals surface area (Å²) in [4.78, 5) is 4.23. The summed E-state index contributed by atoms with van der Waals surface area (Å²) < 4.78 is 43.5. The van der Waals surface area contributed by atoms with E-state index in [4.69, 9.17) is 10.3 Å². The fraction of sp³-hybridized carbons (Fsp3) is 0.467. The van der Waals surface area contributed by atoms with Gasteiger partial charge in [-0.3, -0.25) is 0 Å². The van der Waals surface area contributed by atoms with Crippen LogP contribution in [0.4, 0.5) is 13.2 Å². The maximum Gasteiger partial charge on any atom is 0.416 e. The van der Waals surface area contributed by atoms with Crippen molar-refractivity contribution in [3.63, 3.8) is 0 Å². The molecule has 0 unspecified atom stereocenters. The molecule has 7 heteroatoms. The van der Waals surface area contributed by atoms with E-state index in [1.807, 2.05) is 0 Å². The van der Waals surface area contributed by atoms with Crippen molar-refractivity contribution in [3.05, 3.63) is 35.7 Å². The summed E-state index contributed by atoms with van der Waals surface area (Å²) in [7, 11) is 0. The minimum atomic E-state index is -4.40. The van der Waals surface area contributed by atoms with E-state index >= 15 is 0 Å². The molecule has 0 bridgehead atoms. The summed E-state index contributed by atoms with van der Waals surface area (Å²) in [6.45, 7) is 0. The number of benzene rings is 1. The number of halogens is 3. The lowest BCUT2D eigenvalue weighted by atomic mass is 9.82. The molecule has 22 heavy (non-hydrogen) atoms. The number of nitrogens with zero attached hydrogens (tertiary/aromatic N) is 2. The van der Waals surface area contributed by atoms with Crippen molar-refractivity contribution in [1.82, 2.24) is 10.1 Å². The van der Waals surface area contributed by atoms with Gasteiger partial charge in [-0.25, -0.2) is 0 Å². The van der Waals surface area contributed by atoms with Gasteiger partial charge in [0.05, 0.1) is 11.1 Å². The third-order valence-corrected chi connectivity index (χ3v) is 4.05. The smallest absolute Gasteiger partial charge is 0.337 e. The Kier molecular flexibility index (Phi) is 3.68. The van der Waals surface area contributed by atoms with Gasteiger partial charge < -0.3 is 10.3 Å². The van der Waals surface area contributed by atoms with Crippen LogP contribution in [0.2, 0.25) is 0 Å². The van der Waals surface area contributed by atoms with Gasteiger partial charge in [0.15, 0.2) is 0 Å². The van der Waals surface area contributed by atoms with Crippen molar-refractivity contribution in [3.8, 4) is 11.4 Å². The Bertz CT molecular complexity index is 660. The standard InChI is InChI=1S/C15H16F3N3O/c16-15(17,18)11-6-4-5-10(9-11)12-20-13(22-21-12)14(19)7-2-1-3-8-14/h4-6,9H,1-3,7-8,19H2. The summed E-state index contributed by atoms with van der Waals surface area (Å²) in [5, 5.41) is 3.80. The van der Waals surface area contributed by atoms with Crippen LogP contribution in [0, 0.1) is 0 Å². The molecule has 1 heterocycles. The van der Waals surface area contributed by atoms with Gasteiger partial charge in [-0.1, -0.05) is 36.6 Å². The van der Waals surface area contributed by atoms with Crippen molar-refractivity contribution >= 4 is 0 Å². The molecule has 0 spiro atoms. The maximum absolute atomic E-state index is 12.8. The minimum absolute atomic E-state index is 0.136. The molecule has 1 fully saturated rings. The molecule has 0 amide bonds. The SMILES string of the molecule is NC1(c2nc(-c3cccc(C(F)(F)F)c3)no2)CCCCC1. The van der Waals surface area contributed by atoms with Gasteiger partial charge in [0.1, 0.15) is 0 Å². The van der Waals surface area contributed by atoms with E-state index in [0.29, 0.717) is 5.89 Å². The number of hydrogen-bond donors (Lipinski definition) is 1. The Morgan fingerprint density at radius 2 is 1.86 bits per heavy atom. The molecule has 0 atom stereocenters. The predicted molar refractivity (Wildman–Crippen MR) is 73.7 cm³/mol. The average Bonchev–Trinajstić information content (AvgIpc) is 2.98. The van der Waals surface area contributed by atoms with Gasteiger partial charge in [0, 0.05) is 5.56 Å². The summed E-state index contributed by atoms with van der Waals surface area (Å²) in [6.07, 6.45) is 0.179. The Labute approximate surface area is 125 Å². The van der Waals surface area contributed by atoms with Crippen LogP contribution >= 0.6 is 0 Å². The highest BCUT2D eigenvalue weighted by atomic mass is 19.4. The normalized spacial score (nSPS) is 18.4. The third-order valence-electron chi connectivity index (χ3n) is 4.05. The molecule has 2 N–H and O–H groups in total. The Hall–Kier alpha value is -1.89. The number of nitrogens with two attached hydrogens (primary N) is 1. The number of alkyl halides is 3. The fourth-order valence-corrected chi connectivity index (χ4v) is 2.77. The van der Waals surface area contributed by atoms with E-state index in [9.17, 15) is 13.2 Å². The third kappa shape index (κ3) is 2.85. The minimum Gasteiger partial charge on any atom is -0.337 e. The van der Waals surface area contributed by atoms with Crippen molar-refractivity contribution < 1.29 is 17.7 Å². The molecular weight excluding hydrogens is 295 g/mol. The first-order chi connectivity index (χ1) is 10.4. The number of hydrogen-bond acceptors (Lipinski definition) is 4. The molecule has 0 aliphatic heterocycles. The lowest BCUT2D eigenvalue weighted by molar-refractivity contribution is -0.137. The second-order valence-corrected chi connectivity index (χ2v) is 5.72. The van der Waals surface area contributed by atoms with Gasteiger partial charge in [0.2, 0.25) is 11.7 Å². The second-order valence-electron chi connectivity index (χ2n) is 5.72. The van der Waals surface area contributed by atoms with Crippen LogP contribution in [-0.2, 0) is 11.7 Å². The molecule has 2 aromatic rings. The molecule has 3 rings (SSSR count). The van der Waals surface area contributed by atoms with Crippen molar-refractivity contribution in [2.75, 3.05) is 0 Å². The van der Waals surface area contributed by atoms with Gasteiger partial charge in [-0.15, -0.1) is 0 Å². The van der Waals surface area contributed by atoms with E-state index in [2.05, 4.69) is 10.1 Å². The van der Waals surface area contributed by atoms with Crippen LogP contribution in [-0.4, -0.2) is 10.1 Å². The highest BCUT2D eigenvalue weighted by Crippen LogP contribution is 2.35. The molecule has 1 aromatic heterocycles. The molecule has 118 valence electrons. The highest BCUT2D eigenvalue weighted by molar-refractivity contribution is 5.55. The summed E-state index contributed by atoms with van der Waals surface area (Å²) >= 11 is 0. The number of aromatic nitrogens is 2. The Morgan fingerprint density at radius 3 is 2.55 bits per heavy atom. The van der Waals surface area contributed by atoms with Crippen molar-refractivity contribution in [2.24, 2.45) is 5.73 Å². The van der Waals surface area contributed by atoms with E-state index in [1.54, 1.807) is 0 Å². The molecule has 0 saturated heterocycles. The monoisotopic (exact) mass is 311 g/mol. The Balaban J connectivity index is 1.91. The van der Waals surface area contributed by atoms with Crippen molar-refractivity contribution in [1.29, 1.82) is 0 Å². The first-order valence-corrected chi connectivity index (χ1v) is 7.19. The van der Waals surface area contributed by atoms with Crippen LogP contribution in [0.1, 0.15) is 43.6 Å². The molecule has 1 aliphatic rings. The van der Waals surface area contributed by atoms with E-state index in [1.165, 1.54) is 12.1 Å². The van der Waals surface area contributed by atoms with Gasteiger partial charge in [0.25, 0.3) is 0 Å². The zero-order chi connectivity index (χ0) is 15.8. The fourth-order valence-electron chi connectivity index (χ4n) is 2.77. The van der Waals surface area contributed by atoms with Crippen LogP contribution in [0.15, 0.2) is 28.8 Å². The first-order valence-electron chi connectivity index (χ1n) is 7.19. The van der Waals surface area contributed by atoms with Crippen LogP contribution in [0.25, 0.3) is 11.4 Å². The maximum atomic E-state index is 12.8. The topological polar surface area (TPSA) is 64.9 Å². The van der Waals surface area contributed by atoms with Gasteiger partial charge in [-0.05, 0) is 25.0 Å². The molecule has 1 aromatic carbocycles. The highest BCUT2D eigenvalue weighted by Gasteiger charge is 2.35. The summed E-state index contributed by atoms with van der Waals surface area (Å²) in [6, 6.07) is 4.87. The predicted octanol–water partition coefficient (Wildman–Crippen LogP) is 3.87. The summed E-state index contributed by atoms with van der Waals surface area (Å²) in [5.41, 5.74) is 5.16. The van der Waals surface area contributed by atoms with Crippen molar-refractivity contribution in [2.45, 2.75) is 43.8 Å². The van der Waals surface area contributed by atoms with Crippen LogP contribution in [0.3, 0.4) is 0 Å². The van der Waals surface area contributed by atoms with Gasteiger partial charge in [-0.2, -0.15) is 18.2 Å². The molecule has 0 radical (unpaired) electrons. The largest absolute Gasteiger partial charge is 0.416 e. The Morgan fingerprint density at radius 1 is 1.14 bits per heavy atom. The quantitative estimate of drug-likeness (QED) is 0.914. The molecular formula is C15H16F3N3O. The molecule has 4 nitrogen and oxygen atoms in total.